The molecule has 1 aromatic carbocycles. The van der Waals surface area contributed by atoms with Gasteiger partial charge in [-0.1, -0.05) is 25.4 Å². The molecule has 9 heteroatoms. The fraction of sp³-hybridized carbons (Fsp3) is 0.462. The number of fused-ring (bicyclic) bond motifs is 2. The number of aromatic nitrogens is 3. The van der Waals surface area contributed by atoms with Gasteiger partial charge in [0.25, 0.3) is 0 Å². The van der Waals surface area contributed by atoms with Crippen LogP contribution in [0.5, 0.6) is 5.75 Å². The van der Waals surface area contributed by atoms with E-state index in [9.17, 15) is 9.59 Å². The second kappa shape index (κ2) is 8.03. The Balaban J connectivity index is 1.35. The maximum atomic E-state index is 12.8. The number of carbonyl (C=O) groups excluding carboxylic acids is 2. The number of nitrogens with one attached hydrogen (secondary N) is 1. The van der Waals surface area contributed by atoms with Crippen molar-refractivity contribution in [3.05, 3.63) is 46.9 Å². The second-order valence-corrected chi connectivity index (χ2v) is 10.9. The largest absolute Gasteiger partial charge is 0.488 e. The number of imide groups is 1. The molecular weight excluding hydrogens is 466 g/mol. The summed E-state index contributed by atoms with van der Waals surface area (Å²) in [5.41, 5.74) is 3.80. The highest BCUT2D eigenvalue weighted by Crippen LogP contribution is 2.63. The summed E-state index contributed by atoms with van der Waals surface area (Å²) in [7, 11) is 0. The summed E-state index contributed by atoms with van der Waals surface area (Å²) in [6.07, 6.45) is 5.47. The molecule has 3 aliphatic rings. The minimum absolute atomic E-state index is 0.0745. The van der Waals surface area contributed by atoms with Crippen molar-refractivity contribution < 1.29 is 14.3 Å². The first-order valence-corrected chi connectivity index (χ1v) is 12.5. The normalized spacial score (nSPS) is 25.3. The van der Waals surface area contributed by atoms with E-state index < -0.39 is 0 Å². The van der Waals surface area contributed by atoms with Gasteiger partial charge in [0.1, 0.15) is 23.9 Å². The number of aryl methyl sites for hydroxylation is 1. The molecule has 1 saturated carbocycles. The van der Waals surface area contributed by atoms with E-state index in [0.717, 1.165) is 53.9 Å². The van der Waals surface area contributed by atoms with Gasteiger partial charge in [-0.2, -0.15) is 5.10 Å². The van der Waals surface area contributed by atoms with E-state index in [0.29, 0.717) is 10.7 Å². The molecule has 3 fully saturated rings. The van der Waals surface area contributed by atoms with Crippen LogP contribution in [-0.2, 0) is 16.1 Å². The lowest BCUT2D eigenvalue weighted by atomic mass is 10.0. The Morgan fingerprint density at radius 3 is 2.69 bits per heavy atom. The number of hydrogen-bond acceptors (Lipinski definition) is 6. The van der Waals surface area contributed by atoms with Crippen molar-refractivity contribution in [1.29, 1.82) is 0 Å². The average Bonchev–Trinajstić information content (AvgIpc) is 3.07. The molecule has 0 radical (unpaired) electrons. The van der Waals surface area contributed by atoms with E-state index in [-0.39, 0.29) is 41.7 Å². The van der Waals surface area contributed by atoms with Crippen molar-refractivity contribution >= 4 is 28.9 Å². The van der Waals surface area contributed by atoms with Crippen molar-refractivity contribution in [2.75, 3.05) is 13.1 Å². The van der Waals surface area contributed by atoms with E-state index >= 15 is 0 Å². The maximum absolute atomic E-state index is 12.8. The third-order valence-corrected chi connectivity index (χ3v) is 7.94. The van der Waals surface area contributed by atoms with Gasteiger partial charge in [-0.05, 0) is 61.1 Å². The average molecular weight is 494 g/mol. The van der Waals surface area contributed by atoms with Crippen LogP contribution in [0.15, 0.2) is 30.7 Å². The third kappa shape index (κ3) is 3.62. The lowest BCUT2D eigenvalue weighted by molar-refractivity contribution is -0.143. The molecule has 2 saturated heterocycles. The van der Waals surface area contributed by atoms with Gasteiger partial charge in [0, 0.05) is 23.3 Å². The fourth-order valence-electron chi connectivity index (χ4n) is 5.77. The van der Waals surface area contributed by atoms with E-state index in [1.54, 1.807) is 4.52 Å². The highest BCUT2D eigenvalue weighted by Gasteiger charge is 2.72. The number of amides is 2. The fourth-order valence-corrected chi connectivity index (χ4v) is 6.04. The summed E-state index contributed by atoms with van der Waals surface area (Å²) in [6.45, 7) is 8.00. The predicted octanol–water partition coefficient (Wildman–Crippen LogP) is 3.63. The number of halogens is 1. The monoisotopic (exact) mass is 493 g/mol. The Bertz CT molecular complexity index is 1340. The molecule has 3 aromatic rings. The van der Waals surface area contributed by atoms with Gasteiger partial charge in [-0.15, -0.1) is 0 Å². The summed E-state index contributed by atoms with van der Waals surface area (Å²) in [5.74, 6) is 0.234. The summed E-state index contributed by atoms with van der Waals surface area (Å²) in [4.78, 5) is 31.6. The quantitative estimate of drug-likeness (QED) is 0.546. The van der Waals surface area contributed by atoms with Gasteiger partial charge in [0.2, 0.25) is 11.8 Å². The van der Waals surface area contributed by atoms with Crippen LogP contribution in [0, 0.1) is 24.2 Å². The number of nitrogens with zero attached hydrogens (tertiary/aromatic N) is 4. The zero-order valence-electron chi connectivity index (χ0n) is 20.0. The Morgan fingerprint density at radius 2 is 1.97 bits per heavy atom. The topological polar surface area (TPSA) is 88.8 Å². The van der Waals surface area contributed by atoms with Crippen LogP contribution in [0.1, 0.15) is 37.8 Å². The number of piperidine rings is 2. The van der Waals surface area contributed by atoms with Gasteiger partial charge < -0.3 is 10.1 Å². The van der Waals surface area contributed by atoms with Crippen molar-refractivity contribution in [3.8, 4) is 17.0 Å². The lowest BCUT2D eigenvalue weighted by Crippen LogP contribution is -2.37. The van der Waals surface area contributed by atoms with Gasteiger partial charge >= 0.3 is 0 Å². The molecule has 3 unspecified atom stereocenters. The molecule has 0 bridgehead atoms. The first-order valence-electron chi connectivity index (χ1n) is 12.1. The number of hydrogen-bond donors (Lipinski definition) is 1. The SMILES string of the molecule is Cc1cc(Cl)cc(-c2ncnn3cc(CN4C(=O)C5C(C4=O)C5(C)C)cc23)c1OC1CCCNC1. The first kappa shape index (κ1) is 22.5. The minimum Gasteiger partial charge on any atom is -0.488 e. The first-order chi connectivity index (χ1) is 16.8. The Kier molecular flexibility index (Phi) is 5.16. The van der Waals surface area contributed by atoms with E-state index in [1.807, 2.05) is 45.2 Å². The second-order valence-electron chi connectivity index (χ2n) is 10.5. The number of likely N-dealkylation sites (tertiary alicyclic amines) is 1. The van der Waals surface area contributed by atoms with Crippen molar-refractivity contribution in [2.24, 2.45) is 17.3 Å². The van der Waals surface area contributed by atoms with E-state index in [2.05, 4.69) is 15.4 Å². The molecule has 1 aliphatic carbocycles. The standard InChI is InChI=1S/C26H28ClN5O3/c1-14-7-16(27)9-18(23(14)35-17-5-4-6-28-10-17)22-19-8-15(12-32(19)30-13-29-22)11-31-24(33)20-21(25(31)34)26(20,2)3/h7-9,12-13,17,20-21,28H,4-6,10-11H2,1-3H3. The zero-order valence-corrected chi connectivity index (χ0v) is 20.8. The molecule has 0 spiro atoms. The van der Waals surface area contributed by atoms with Gasteiger partial charge in [-0.3, -0.25) is 14.5 Å². The van der Waals surface area contributed by atoms with Crippen molar-refractivity contribution in [1.82, 2.24) is 24.8 Å². The van der Waals surface area contributed by atoms with Crippen LogP contribution < -0.4 is 10.1 Å². The van der Waals surface area contributed by atoms with Crippen LogP contribution in [0.3, 0.4) is 0 Å². The van der Waals surface area contributed by atoms with Crippen molar-refractivity contribution in [2.45, 2.75) is 46.3 Å². The maximum Gasteiger partial charge on any atom is 0.233 e. The molecule has 1 N–H and O–H groups in total. The van der Waals surface area contributed by atoms with Crippen LogP contribution in [-0.4, -0.2) is 50.5 Å². The summed E-state index contributed by atoms with van der Waals surface area (Å²) in [5, 5.41) is 8.36. The minimum atomic E-state index is -0.219. The number of ether oxygens (including phenoxy) is 1. The molecule has 182 valence electrons. The molecule has 8 nitrogen and oxygen atoms in total. The molecular formula is C26H28ClN5O3. The van der Waals surface area contributed by atoms with Gasteiger partial charge in [-0.25, -0.2) is 9.50 Å². The lowest BCUT2D eigenvalue weighted by Gasteiger charge is -2.26. The molecule has 3 atom stereocenters. The van der Waals surface area contributed by atoms with Crippen LogP contribution in [0.25, 0.3) is 16.8 Å². The molecule has 4 heterocycles. The van der Waals surface area contributed by atoms with Crippen LogP contribution >= 0.6 is 11.6 Å². The predicted molar refractivity (Wildman–Crippen MR) is 131 cm³/mol. The highest BCUT2D eigenvalue weighted by molar-refractivity contribution is 6.31. The van der Waals surface area contributed by atoms with E-state index in [4.69, 9.17) is 16.3 Å². The van der Waals surface area contributed by atoms with Gasteiger partial charge in [0.15, 0.2) is 0 Å². The molecule has 2 amide bonds. The summed E-state index contributed by atoms with van der Waals surface area (Å²) in [6, 6.07) is 5.71. The number of benzene rings is 1. The Labute approximate surface area is 208 Å². The molecule has 6 rings (SSSR count). The van der Waals surface area contributed by atoms with Gasteiger partial charge in [0.05, 0.1) is 23.9 Å². The zero-order chi connectivity index (χ0) is 24.5. The van der Waals surface area contributed by atoms with E-state index in [1.165, 1.54) is 11.2 Å². The summed E-state index contributed by atoms with van der Waals surface area (Å²) < 4.78 is 8.20. The highest BCUT2D eigenvalue weighted by atomic mass is 35.5. The van der Waals surface area contributed by atoms with Crippen molar-refractivity contribution in [3.63, 3.8) is 0 Å². The summed E-state index contributed by atoms with van der Waals surface area (Å²) >= 11 is 6.46. The Hall–Kier alpha value is -2.97. The third-order valence-electron chi connectivity index (χ3n) is 7.73. The smallest absolute Gasteiger partial charge is 0.233 e. The van der Waals surface area contributed by atoms with Crippen LogP contribution in [0.2, 0.25) is 5.02 Å². The molecule has 35 heavy (non-hydrogen) atoms. The number of rotatable bonds is 5. The Morgan fingerprint density at radius 1 is 1.20 bits per heavy atom. The molecule has 2 aliphatic heterocycles. The molecule has 2 aromatic heterocycles. The number of carbonyl (C=O) groups is 2. The van der Waals surface area contributed by atoms with Crippen LogP contribution in [0.4, 0.5) is 0 Å².